The molecule has 0 saturated carbocycles. The summed E-state index contributed by atoms with van der Waals surface area (Å²) in [5, 5.41) is 8.72. The lowest BCUT2D eigenvalue weighted by atomic mass is 10.1. The Balaban J connectivity index is 1.24. The van der Waals surface area contributed by atoms with E-state index >= 15 is 0 Å². The number of rotatable bonds is 8. The van der Waals surface area contributed by atoms with E-state index in [1.807, 2.05) is 42.3 Å². The summed E-state index contributed by atoms with van der Waals surface area (Å²) in [4.78, 5) is 14.3. The molecule has 29 heavy (non-hydrogen) atoms. The molecule has 5 nitrogen and oxygen atoms in total. The Kier molecular flexibility index (Phi) is 5.75. The quantitative estimate of drug-likeness (QED) is 0.484. The molecule has 2 heterocycles. The first kappa shape index (κ1) is 19.0. The van der Waals surface area contributed by atoms with Crippen molar-refractivity contribution in [1.29, 1.82) is 0 Å². The third-order valence-electron chi connectivity index (χ3n) is 5.31. The predicted molar refractivity (Wildman–Crippen MR) is 117 cm³/mol. The van der Waals surface area contributed by atoms with Crippen molar-refractivity contribution in [2.45, 2.75) is 25.8 Å². The summed E-state index contributed by atoms with van der Waals surface area (Å²) in [6.07, 6.45) is 4.35. The first-order valence-corrected chi connectivity index (χ1v) is 10.1. The van der Waals surface area contributed by atoms with Crippen LogP contribution in [0.1, 0.15) is 18.5 Å². The lowest BCUT2D eigenvalue weighted by Gasteiger charge is -2.17. The van der Waals surface area contributed by atoms with E-state index < -0.39 is 0 Å². The van der Waals surface area contributed by atoms with Crippen LogP contribution in [0.25, 0.3) is 22.2 Å². The number of carbonyl (C=O) groups is 1. The van der Waals surface area contributed by atoms with Gasteiger partial charge < -0.3 is 9.47 Å². The molecule has 0 spiro atoms. The van der Waals surface area contributed by atoms with Gasteiger partial charge in [-0.25, -0.2) is 0 Å². The second-order valence-corrected chi connectivity index (χ2v) is 7.38. The van der Waals surface area contributed by atoms with Gasteiger partial charge in [0, 0.05) is 49.5 Å². The number of para-hydroxylation sites is 1. The molecule has 0 bridgehead atoms. The summed E-state index contributed by atoms with van der Waals surface area (Å²) in [6, 6.07) is 22.6. The van der Waals surface area contributed by atoms with Crippen molar-refractivity contribution in [2.24, 2.45) is 0 Å². The maximum Gasteiger partial charge on any atom is 0.224 e. The summed E-state index contributed by atoms with van der Waals surface area (Å²) in [5.41, 5.74) is 4.35. The van der Waals surface area contributed by atoms with Crippen LogP contribution in [0.2, 0.25) is 0 Å². The van der Waals surface area contributed by atoms with Crippen LogP contribution in [-0.4, -0.2) is 39.2 Å². The zero-order valence-corrected chi connectivity index (χ0v) is 16.7. The largest absolute Gasteiger partial charge is 0.347 e. The monoisotopic (exact) mass is 386 g/mol. The Morgan fingerprint density at radius 3 is 2.72 bits per heavy atom. The van der Waals surface area contributed by atoms with Crippen molar-refractivity contribution in [3.63, 3.8) is 0 Å². The van der Waals surface area contributed by atoms with Gasteiger partial charge in [0.2, 0.25) is 5.91 Å². The number of aromatic nitrogens is 3. The SMILES string of the molecule is CN(CCCc1cc(-c2ccccc2)n[nH]1)C(=O)CCn1ccc2ccccc21. The normalized spacial score (nSPS) is 11.1. The Labute approximate surface area is 171 Å². The first-order chi connectivity index (χ1) is 14.2. The van der Waals surface area contributed by atoms with E-state index in [0.717, 1.165) is 36.3 Å². The third-order valence-corrected chi connectivity index (χ3v) is 5.31. The van der Waals surface area contributed by atoms with Gasteiger partial charge in [-0.1, -0.05) is 48.5 Å². The van der Waals surface area contributed by atoms with E-state index in [-0.39, 0.29) is 5.91 Å². The van der Waals surface area contributed by atoms with Crippen molar-refractivity contribution in [1.82, 2.24) is 19.7 Å². The fourth-order valence-corrected chi connectivity index (χ4v) is 3.62. The fraction of sp³-hybridized carbons (Fsp3) is 0.250. The van der Waals surface area contributed by atoms with Crippen molar-refractivity contribution >= 4 is 16.8 Å². The van der Waals surface area contributed by atoms with Crippen LogP contribution < -0.4 is 0 Å². The molecular weight excluding hydrogens is 360 g/mol. The Morgan fingerprint density at radius 1 is 1.07 bits per heavy atom. The standard InChI is InChI=1S/C24H26N4O/c1-27(24(29)14-17-28-16-13-20-10-5-6-12-23(20)28)15-7-11-21-18-22(26-25-21)19-8-3-2-4-9-19/h2-6,8-10,12-13,16,18H,7,11,14-15,17H2,1H3,(H,25,26). The highest BCUT2D eigenvalue weighted by Crippen LogP contribution is 2.18. The molecule has 0 unspecified atom stereocenters. The number of fused-ring (bicyclic) bond motifs is 1. The molecule has 2 aromatic carbocycles. The highest BCUT2D eigenvalue weighted by atomic mass is 16.2. The molecule has 4 rings (SSSR count). The topological polar surface area (TPSA) is 53.9 Å². The number of aryl methyl sites for hydroxylation is 2. The van der Waals surface area contributed by atoms with Gasteiger partial charge in [0.25, 0.3) is 0 Å². The van der Waals surface area contributed by atoms with Gasteiger partial charge in [-0.05, 0) is 36.4 Å². The molecule has 5 heteroatoms. The molecule has 4 aromatic rings. The summed E-state index contributed by atoms with van der Waals surface area (Å²) < 4.78 is 2.15. The number of H-pyrrole nitrogens is 1. The van der Waals surface area contributed by atoms with Crippen LogP contribution in [-0.2, 0) is 17.8 Å². The second-order valence-electron chi connectivity index (χ2n) is 7.38. The minimum atomic E-state index is 0.178. The maximum absolute atomic E-state index is 12.5. The molecule has 0 aliphatic carbocycles. The highest BCUT2D eigenvalue weighted by molar-refractivity contribution is 5.80. The van der Waals surface area contributed by atoms with Gasteiger partial charge in [-0.3, -0.25) is 9.89 Å². The van der Waals surface area contributed by atoms with Crippen LogP contribution in [0.5, 0.6) is 0 Å². The molecule has 0 aliphatic heterocycles. The molecule has 148 valence electrons. The van der Waals surface area contributed by atoms with Crippen molar-refractivity contribution < 1.29 is 4.79 Å². The van der Waals surface area contributed by atoms with Crippen LogP contribution in [0, 0.1) is 0 Å². The average Bonchev–Trinajstić information content (AvgIpc) is 3.40. The number of nitrogens with zero attached hydrogens (tertiary/aromatic N) is 3. The summed E-state index contributed by atoms with van der Waals surface area (Å²) >= 11 is 0. The van der Waals surface area contributed by atoms with E-state index in [4.69, 9.17) is 0 Å². The van der Waals surface area contributed by atoms with Gasteiger partial charge in [0.15, 0.2) is 0 Å². The lowest BCUT2D eigenvalue weighted by Crippen LogP contribution is -2.28. The average molecular weight is 386 g/mol. The van der Waals surface area contributed by atoms with Gasteiger partial charge in [0.1, 0.15) is 0 Å². The Bertz CT molecular complexity index is 1080. The minimum Gasteiger partial charge on any atom is -0.347 e. The fourth-order valence-electron chi connectivity index (χ4n) is 3.62. The molecule has 2 aromatic heterocycles. The highest BCUT2D eigenvalue weighted by Gasteiger charge is 2.10. The maximum atomic E-state index is 12.5. The summed E-state index contributed by atoms with van der Waals surface area (Å²) in [6.45, 7) is 1.45. The van der Waals surface area contributed by atoms with Gasteiger partial charge in [-0.2, -0.15) is 5.10 Å². The van der Waals surface area contributed by atoms with Crippen LogP contribution in [0.15, 0.2) is 72.9 Å². The Hall–Kier alpha value is -3.34. The van der Waals surface area contributed by atoms with E-state index in [1.165, 1.54) is 10.9 Å². The van der Waals surface area contributed by atoms with Crippen molar-refractivity contribution in [3.8, 4) is 11.3 Å². The van der Waals surface area contributed by atoms with E-state index in [9.17, 15) is 4.79 Å². The summed E-state index contributed by atoms with van der Waals surface area (Å²) in [5.74, 6) is 0.178. The first-order valence-electron chi connectivity index (χ1n) is 10.1. The van der Waals surface area contributed by atoms with Crippen LogP contribution >= 0.6 is 0 Å². The molecule has 0 radical (unpaired) electrons. The number of amides is 1. The van der Waals surface area contributed by atoms with E-state index in [0.29, 0.717) is 13.0 Å². The number of aromatic amines is 1. The molecule has 0 fully saturated rings. The zero-order valence-electron chi connectivity index (χ0n) is 16.7. The number of carbonyl (C=O) groups excluding carboxylic acids is 1. The molecule has 0 atom stereocenters. The molecular formula is C24H26N4O. The number of hydrogen-bond acceptors (Lipinski definition) is 2. The lowest BCUT2D eigenvalue weighted by molar-refractivity contribution is -0.130. The zero-order chi connectivity index (χ0) is 20.1. The van der Waals surface area contributed by atoms with Gasteiger partial charge in [0.05, 0.1) is 5.69 Å². The smallest absolute Gasteiger partial charge is 0.224 e. The van der Waals surface area contributed by atoms with Gasteiger partial charge >= 0.3 is 0 Å². The molecule has 0 aliphatic rings. The Morgan fingerprint density at radius 2 is 1.86 bits per heavy atom. The van der Waals surface area contributed by atoms with Gasteiger partial charge in [-0.15, -0.1) is 0 Å². The van der Waals surface area contributed by atoms with Crippen molar-refractivity contribution in [2.75, 3.05) is 13.6 Å². The number of nitrogens with one attached hydrogen (secondary N) is 1. The van der Waals surface area contributed by atoms with Crippen LogP contribution in [0.3, 0.4) is 0 Å². The van der Waals surface area contributed by atoms with E-state index in [1.54, 1.807) is 0 Å². The number of hydrogen-bond donors (Lipinski definition) is 1. The molecule has 0 saturated heterocycles. The molecule has 1 amide bonds. The number of benzene rings is 2. The third kappa shape index (κ3) is 4.57. The summed E-state index contributed by atoms with van der Waals surface area (Å²) in [7, 11) is 1.89. The van der Waals surface area contributed by atoms with Crippen molar-refractivity contribution in [3.05, 3.63) is 78.6 Å². The second kappa shape index (κ2) is 8.78. The molecule has 1 N–H and O–H groups in total. The predicted octanol–water partition coefficient (Wildman–Crippen LogP) is 4.51. The van der Waals surface area contributed by atoms with Crippen LogP contribution in [0.4, 0.5) is 0 Å². The van der Waals surface area contributed by atoms with E-state index in [2.05, 4.69) is 57.4 Å². The minimum absolute atomic E-state index is 0.178.